The molecule has 0 aromatic heterocycles. The Morgan fingerprint density at radius 2 is 1.92 bits per heavy atom. The third-order valence-electron chi connectivity index (χ3n) is 1.58. The molecule has 0 aliphatic carbocycles. The Balaban J connectivity index is 3.05. The van der Waals surface area contributed by atoms with Crippen LogP contribution in [-0.4, -0.2) is 22.6 Å². The maximum Gasteiger partial charge on any atom is 0.335 e. The predicted molar refractivity (Wildman–Crippen MR) is 51.6 cm³/mol. The van der Waals surface area contributed by atoms with E-state index in [-0.39, 0.29) is 17.1 Å². The van der Waals surface area contributed by atoms with Crippen LogP contribution in [0.1, 0.15) is 20.7 Å². The highest BCUT2D eigenvalue weighted by Crippen LogP contribution is 2.06. The van der Waals surface area contributed by atoms with E-state index in [1.807, 2.05) is 0 Å². The van der Waals surface area contributed by atoms with Gasteiger partial charge in [0.1, 0.15) is 0 Å². The quantitative estimate of drug-likeness (QED) is 0.569. The second-order valence-corrected chi connectivity index (χ2v) is 2.78. The number of hydrogen-bond acceptors (Lipinski definition) is 3. The van der Waals surface area contributed by atoms with Crippen LogP contribution in [-0.2, 0) is 0 Å². The van der Waals surface area contributed by atoms with Crippen LogP contribution < -0.4 is 0 Å². The Morgan fingerprint density at radius 3 is 2.46 bits per heavy atom. The highest BCUT2D eigenvalue weighted by molar-refractivity contribution is 7.81. The van der Waals surface area contributed by atoms with Crippen LogP contribution in [0.25, 0.3) is 0 Å². The molecule has 4 heteroatoms. The molecule has 0 amide bonds. The topological polar surface area (TPSA) is 54.4 Å². The van der Waals surface area contributed by atoms with Crippen LogP contribution in [0.5, 0.6) is 0 Å². The summed E-state index contributed by atoms with van der Waals surface area (Å²) in [6.45, 7) is 0. The second-order valence-electron chi connectivity index (χ2n) is 2.47. The number of carbonyl (C=O) groups is 2. The molecule has 0 heterocycles. The monoisotopic (exact) mass is 196 g/mol. The molecule has 0 radical (unpaired) electrons. The second kappa shape index (κ2) is 4.09. The lowest BCUT2D eigenvalue weighted by Crippen LogP contribution is -2.03. The van der Waals surface area contributed by atoms with Crippen molar-refractivity contribution in [2.45, 2.75) is 0 Å². The van der Waals surface area contributed by atoms with Crippen LogP contribution in [0.15, 0.2) is 24.3 Å². The van der Waals surface area contributed by atoms with E-state index in [1.165, 1.54) is 12.1 Å². The van der Waals surface area contributed by atoms with Crippen LogP contribution >= 0.6 is 12.6 Å². The molecular formula is C9H8O3S. The van der Waals surface area contributed by atoms with E-state index in [0.29, 0.717) is 5.56 Å². The molecular weight excluding hydrogens is 188 g/mol. The molecule has 0 fully saturated rings. The minimum atomic E-state index is -1.03. The molecule has 0 saturated heterocycles. The average molecular weight is 196 g/mol. The summed E-state index contributed by atoms with van der Waals surface area (Å²) in [6.07, 6.45) is 0. The van der Waals surface area contributed by atoms with Crippen molar-refractivity contribution >= 4 is 24.4 Å². The molecule has 0 aliphatic heterocycles. The van der Waals surface area contributed by atoms with Gasteiger partial charge in [-0.1, -0.05) is 12.1 Å². The van der Waals surface area contributed by atoms with E-state index in [9.17, 15) is 9.59 Å². The van der Waals surface area contributed by atoms with E-state index in [1.54, 1.807) is 12.1 Å². The molecule has 13 heavy (non-hydrogen) atoms. The molecule has 3 nitrogen and oxygen atoms in total. The summed E-state index contributed by atoms with van der Waals surface area (Å²) in [7, 11) is 0. The van der Waals surface area contributed by atoms with Crippen molar-refractivity contribution < 1.29 is 14.7 Å². The molecule has 0 saturated carbocycles. The molecule has 1 aromatic rings. The van der Waals surface area contributed by atoms with Gasteiger partial charge in [-0.25, -0.2) is 4.79 Å². The Morgan fingerprint density at radius 1 is 1.31 bits per heavy atom. The van der Waals surface area contributed by atoms with E-state index in [0.717, 1.165) is 0 Å². The lowest BCUT2D eigenvalue weighted by atomic mass is 10.1. The number of carboxylic acids is 1. The summed E-state index contributed by atoms with van der Waals surface area (Å²) in [6, 6.07) is 5.91. The molecule has 0 spiro atoms. The predicted octanol–water partition coefficient (Wildman–Crippen LogP) is 1.50. The number of hydrogen-bond donors (Lipinski definition) is 2. The smallest absolute Gasteiger partial charge is 0.335 e. The van der Waals surface area contributed by atoms with Crippen molar-refractivity contribution in [3.05, 3.63) is 35.4 Å². The summed E-state index contributed by atoms with van der Waals surface area (Å²) in [4.78, 5) is 21.7. The summed E-state index contributed by atoms with van der Waals surface area (Å²) < 4.78 is 0. The molecule has 0 bridgehead atoms. The maximum absolute atomic E-state index is 11.1. The highest BCUT2D eigenvalue weighted by Gasteiger charge is 2.07. The van der Waals surface area contributed by atoms with Gasteiger partial charge in [0.15, 0.2) is 5.78 Å². The molecule has 1 N–H and O–H groups in total. The van der Waals surface area contributed by atoms with Crippen molar-refractivity contribution in [3.8, 4) is 0 Å². The van der Waals surface area contributed by atoms with Gasteiger partial charge in [-0.05, 0) is 12.1 Å². The third kappa shape index (κ3) is 2.32. The van der Waals surface area contributed by atoms with E-state index >= 15 is 0 Å². The fraction of sp³-hybridized carbons (Fsp3) is 0.111. The number of aromatic carboxylic acids is 1. The van der Waals surface area contributed by atoms with Gasteiger partial charge >= 0.3 is 5.97 Å². The highest BCUT2D eigenvalue weighted by atomic mass is 32.1. The standard InChI is InChI=1S/C9H8O3S/c10-8(5-13)6-2-1-3-7(4-6)9(11)12/h1-4,13H,5H2,(H,11,12). The SMILES string of the molecule is O=C(O)c1cccc(C(=O)CS)c1. The first-order valence-electron chi connectivity index (χ1n) is 3.62. The largest absolute Gasteiger partial charge is 0.478 e. The minimum absolute atomic E-state index is 0.0864. The lowest BCUT2D eigenvalue weighted by molar-refractivity contribution is 0.0697. The van der Waals surface area contributed by atoms with Gasteiger partial charge in [0.2, 0.25) is 0 Å². The average Bonchev–Trinajstić information content (AvgIpc) is 2.17. The van der Waals surface area contributed by atoms with Gasteiger partial charge in [-0.3, -0.25) is 4.79 Å². The summed E-state index contributed by atoms with van der Waals surface area (Å²) in [5, 5.41) is 8.63. The Labute approximate surface area is 80.8 Å². The van der Waals surface area contributed by atoms with Crippen molar-refractivity contribution in [3.63, 3.8) is 0 Å². The first-order valence-corrected chi connectivity index (χ1v) is 4.26. The number of carbonyl (C=O) groups excluding carboxylic acids is 1. The van der Waals surface area contributed by atoms with Crippen molar-refractivity contribution in [1.29, 1.82) is 0 Å². The molecule has 68 valence electrons. The molecule has 0 unspecified atom stereocenters. The zero-order chi connectivity index (χ0) is 9.84. The van der Waals surface area contributed by atoms with Crippen LogP contribution in [0.2, 0.25) is 0 Å². The third-order valence-corrected chi connectivity index (χ3v) is 1.86. The van der Waals surface area contributed by atoms with Crippen LogP contribution in [0, 0.1) is 0 Å². The Hall–Kier alpha value is -1.29. The lowest BCUT2D eigenvalue weighted by Gasteiger charge is -1.98. The van der Waals surface area contributed by atoms with Crippen molar-refractivity contribution in [2.24, 2.45) is 0 Å². The first kappa shape index (κ1) is 9.80. The fourth-order valence-electron chi connectivity index (χ4n) is 0.917. The first-order chi connectivity index (χ1) is 6.15. The van der Waals surface area contributed by atoms with Gasteiger partial charge in [-0.2, -0.15) is 12.6 Å². The number of thiol groups is 1. The van der Waals surface area contributed by atoms with Crippen molar-refractivity contribution in [1.82, 2.24) is 0 Å². The normalized spacial score (nSPS) is 9.62. The van der Waals surface area contributed by atoms with Gasteiger partial charge < -0.3 is 5.11 Å². The number of ketones is 1. The van der Waals surface area contributed by atoms with E-state index < -0.39 is 5.97 Å². The fourth-order valence-corrected chi connectivity index (χ4v) is 1.10. The molecule has 1 aromatic carbocycles. The van der Waals surface area contributed by atoms with Gasteiger partial charge in [-0.15, -0.1) is 0 Å². The Bertz CT molecular complexity index is 346. The van der Waals surface area contributed by atoms with Crippen LogP contribution in [0.3, 0.4) is 0 Å². The van der Waals surface area contributed by atoms with Gasteiger partial charge in [0.05, 0.1) is 11.3 Å². The Kier molecular flexibility index (Phi) is 3.08. The summed E-state index contributed by atoms with van der Waals surface area (Å²) >= 11 is 3.82. The van der Waals surface area contributed by atoms with Crippen LogP contribution in [0.4, 0.5) is 0 Å². The van der Waals surface area contributed by atoms with E-state index in [2.05, 4.69) is 12.6 Å². The van der Waals surface area contributed by atoms with E-state index in [4.69, 9.17) is 5.11 Å². The number of benzene rings is 1. The summed E-state index contributed by atoms with van der Waals surface area (Å²) in [5.74, 6) is -1.12. The minimum Gasteiger partial charge on any atom is -0.478 e. The molecule has 1 rings (SSSR count). The number of rotatable bonds is 3. The maximum atomic E-state index is 11.1. The number of carboxylic acid groups (broad SMARTS) is 1. The zero-order valence-electron chi connectivity index (χ0n) is 6.73. The molecule has 0 atom stereocenters. The number of Topliss-reactive ketones (excluding diaryl/α,β-unsaturated/α-hetero) is 1. The summed E-state index contributed by atoms with van der Waals surface area (Å²) in [5.41, 5.74) is 0.502. The van der Waals surface area contributed by atoms with Crippen molar-refractivity contribution in [2.75, 3.05) is 5.75 Å². The molecule has 0 aliphatic rings. The van der Waals surface area contributed by atoms with Gasteiger partial charge in [0, 0.05) is 5.56 Å². The van der Waals surface area contributed by atoms with Gasteiger partial charge in [0.25, 0.3) is 0 Å². The zero-order valence-corrected chi connectivity index (χ0v) is 7.62.